The van der Waals surface area contributed by atoms with Gasteiger partial charge in [0.05, 0.1) is 0 Å². The summed E-state index contributed by atoms with van der Waals surface area (Å²) in [6.45, 7) is 8.91. The van der Waals surface area contributed by atoms with E-state index >= 15 is 0 Å². The van der Waals surface area contributed by atoms with Crippen molar-refractivity contribution in [2.45, 2.75) is 39.8 Å². The summed E-state index contributed by atoms with van der Waals surface area (Å²) in [6, 6.07) is 5.55. The van der Waals surface area contributed by atoms with Crippen LogP contribution >= 0.6 is 0 Å². The van der Waals surface area contributed by atoms with Gasteiger partial charge in [-0.1, -0.05) is 13.0 Å². The number of hydrogen-bond acceptors (Lipinski definition) is 2. The topological polar surface area (TPSA) is 24.1 Å². The van der Waals surface area contributed by atoms with E-state index in [1.807, 2.05) is 13.0 Å². The summed E-state index contributed by atoms with van der Waals surface area (Å²) < 4.78 is 13.2. The highest BCUT2D eigenvalue weighted by Gasteiger charge is 2.02. The first kappa shape index (κ1) is 14.1. The molecule has 0 fully saturated rings. The number of nitrogens with one attached hydrogen (secondary N) is 2. The predicted molar refractivity (Wildman–Crippen MR) is 70.6 cm³/mol. The van der Waals surface area contributed by atoms with E-state index in [2.05, 4.69) is 24.5 Å². The van der Waals surface area contributed by atoms with Crippen LogP contribution < -0.4 is 10.6 Å². The van der Waals surface area contributed by atoms with Gasteiger partial charge in [-0.2, -0.15) is 0 Å². The van der Waals surface area contributed by atoms with Gasteiger partial charge in [0, 0.05) is 19.1 Å². The van der Waals surface area contributed by atoms with Crippen molar-refractivity contribution in [2.75, 3.05) is 13.1 Å². The van der Waals surface area contributed by atoms with Crippen molar-refractivity contribution >= 4 is 0 Å². The Morgan fingerprint density at radius 2 is 2.06 bits per heavy atom. The minimum absolute atomic E-state index is 0.154. The van der Waals surface area contributed by atoms with E-state index in [0.717, 1.165) is 30.6 Å². The van der Waals surface area contributed by atoms with E-state index in [0.29, 0.717) is 12.6 Å². The minimum atomic E-state index is -0.154. The van der Waals surface area contributed by atoms with Gasteiger partial charge in [-0.3, -0.25) is 0 Å². The summed E-state index contributed by atoms with van der Waals surface area (Å²) in [5.41, 5.74) is 1.98. The third kappa shape index (κ3) is 5.80. The lowest BCUT2D eigenvalue weighted by atomic mass is 10.1. The molecule has 0 heterocycles. The Kier molecular flexibility index (Phi) is 6.16. The summed E-state index contributed by atoms with van der Waals surface area (Å²) in [7, 11) is 0. The number of benzene rings is 1. The summed E-state index contributed by atoms with van der Waals surface area (Å²) in [4.78, 5) is 0. The van der Waals surface area contributed by atoms with Gasteiger partial charge in [-0.05, 0) is 50.1 Å². The molecule has 2 N–H and O–H groups in total. The van der Waals surface area contributed by atoms with E-state index in [4.69, 9.17) is 0 Å². The highest BCUT2D eigenvalue weighted by atomic mass is 19.1. The van der Waals surface area contributed by atoms with Crippen LogP contribution in [-0.4, -0.2) is 19.1 Å². The van der Waals surface area contributed by atoms with Crippen LogP contribution in [0.2, 0.25) is 0 Å². The van der Waals surface area contributed by atoms with Gasteiger partial charge in [0.25, 0.3) is 0 Å². The van der Waals surface area contributed by atoms with E-state index < -0.39 is 0 Å². The van der Waals surface area contributed by atoms with Crippen LogP contribution in [-0.2, 0) is 6.54 Å². The molecule has 0 spiro atoms. The summed E-state index contributed by atoms with van der Waals surface area (Å²) >= 11 is 0. The normalized spacial score (nSPS) is 12.7. The quantitative estimate of drug-likeness (QED) is 0.714. The van der Waals surface area contributed by atoms with Crippen molar-refractivity contribution in [1.82, 2.24) is 10.6 Å². The van der Waals surface area contributed by atoms with Crippen LogP contribution in [0.15, 0.2) is 18.2 Å². The molecule has 0 aliphatic rings. The van der Waals surface area contributed by atoms with E-state index in [1.54, 1.807) is 12.1 Å². The standard InChI is InChI=1S/C14H23FN2/c1-4-5-16-9-12(3)17-10-13-6-11(2)7-14(15)8-13/h6-8,12,16-17H,4-5,9-10H2,1-3H3. The molecule has 0 aliphatic carbocycles. The van der Waals surface area contributed by atoms with Gasteiger partial charge in [0.2, 0.25) is 0 Å². The largest absolute Gasteiger partial charge is 0.315 e. The zero-order valence-corrected chi connectivity index (χ0v) is 11.0. The first-order valence-electron chi connectivity index (χ1n) is 6.32. The number of halogens is 1. The molecule has 1 aromatic rings. The smallest absolute Gasteiger partial charge is 0.123 e. The van der Waals surface area contributed by atoms with Gasteiger partial charge < -0.3 is 10.6 Å². The van der Waals surface area contributed by atoms with Gasteiger partial charge in [0.1, 0.15) is 5.82 Å². The number of hydrogen-bond donors (Lipinski definition) is 2. The van der Waals surface area contributed by atoms with E-state index in [9.17, 15) is 4.39 Å². The average molecular weight is 238 g/mol. The number of aryl methyl sites for hydroxylation is 1. The Hall–Kier alpha value is -0.930. The van der Waals surface area contributed by atoms with E-state index in [1.165, 1.54) is 0 Å². The van der Waals surface area contributed by atoms with Gasteiger partial charge in [0.15, 0.2) is 0 Å². The van der Waals surface area contributed by atoms with Crippen molar-refractivity contribution < 1.29 is 4.39 Å². The molecule has 1 aromatic carbocycles. The van der Waals surface area contributed by atoms with Crippen molar-refractivity contribution in [2.24, 2.45) is 0 Å². The lowest BCUT2D eigenvalue weighted by Crippen LogP contribution is -2.36. The molecule has 1 rings (SSSR count). The van der Waals surface area contributed by atoms with Crippen LogP contribution in [0.1, 0.15) is 31.4 Å². The molecular formula is C14H23FN2. The second kappa shape index (κ2) is 7.41. The predicted octanol–water partition coefficient (Wildman–Crippen LogP) is 2.61. The fourth-order valence-corrected chi connectivity index (χ4v) is 1.77. The fourth-order valence-electron chi connectivity index (χ4n) is 1.77. The maximum atomic E-state index is 13.2. The molecule has 0 bridgehead atoms. The van der Waals surface area contributed by atoms with Crippen LogP contribution in [0.25, 0.3) is 0 Å². The maximum Gasteiger partial charge on any atom is 0.123 e. The molecular weight excluding hydrogens is 215 g/mol. The Bertz CT molecular complexity index is 319. The molecule has 0 radical (unpaired) electrons. The Morgan fingerprint density at radius 3 is 2.71 bits per heavy atom. The highest BCUT2D eigenvalue weighted by Crippen LogP contribution is 2.08. The average Bonchev–Trinajstić information content (AvgIpc) is 2.25. The van der Waals surface area contributed by atoms with Gasteiger partial charge >= 0.3 is 0 Å². The minimum Gasteiger partial charge on any atom is -0.315 e. The Morgan fingerprint density at radius 1 is 1.29 bits per heavy atom. The molecule has 0 aliphatic heterocycles. The molecule has 0 saturated carbocycles. The lowest BCUT2D eigenvalue weighted by molar-refractivity contribution is 0.500. The van der Waals surface area contributed by atoms with Crippen molar-refractivity contribution in [3.63, 3.8) is 0 Å². The third-order valence-electron chi connectivity index (χ3n) is 2.63. The second-order valence-electron chi connectivity index (χ2n) is 4.62. The molecule has 0 aromatic heterocycles. The van der Waals surface area contributed by atoms with Gasteiger partial charge in [-0.15, -0.1) is 0 Å². The lowest BCUT2D eigenvalue weighted by Gasteiger charge is -2.14. The molecule has 2 nitrogen and oxygen atoms in total. The monoisotopic (exact) mass is 238 g/mol. The Labute approximate surface area is 104 Å². The first-order chi connectivity index (χ1) is 8.11. The molecule has 0 saturated heterocycles. The van der Waals surface area contributed by atoms with Crippen LogP contribution in [0.5, 0.6) is 0 Å². The van der Waals surface area contributed by atoms with Crippen LogP contribution in [0, 0.1) is 12.7 Å². The van der Waals surface area contributed by atoms with Gasteiger partial charge in [-0.25, -0.2) is 4.39 Å². The zero-order valence-electron chi connectivity index (χ0n) is 11.0. The molecule has 1 atom stereocenters. The third-order valence-corrected chi connectivity index (χ3v) is 2.63. The summed E-state index contributed by atoms with van der Waals surface area (Å²) in [5.74, 6) is -0.154. The van der Waals surface area contributed by atoms with Crippen molar-refractivity contribution in [1.29, 1.82) is 0 Å². The maximum absolute atomic E-state index is 13.2. The van der Waals surface area contributed by atoms with Crippen molar-refractivity contribution in [3.05, 3.63) is 35.1 Å². The SMILES string of the molecule is CCCNCC(C)NCc1cc(C)cc(F)c1. The summed E-state index contributed by atoms with van der Waals surface area (Å²) in [6.07, 6.45) is 1.15. The zero-order chi connectivity index (χ0) is 12.7. The first-order valence-corrected chi connectivity index (χ1v) is 6.32. The fraction of sp³-hybridized carbons (Fsp3) is 0.571. The van der Waals surface area contributed by atoms with E-state index in [-0.39, 0.29) is 5.82 Å². The van der Waals surface area contributed by atoms with Crippen LogP contribution in [0.4, 0.5) is 4.39 Å². The molecule has 3 heteroatoms. The highest BCUT2D eigenvalue weighted by molar-refractivity contribution is 5.23. The van der Waals surface area contributed by atoms with Crippen LogP contribution in [0.3, 0.4) is 0 Å². The molecule has 96 valence electrons. The molecule has 17 heavy (non-hydrogen) atoms. The molecule has 1 unspecified atom stereocenters. The summed E-state index contributed by atoms with van der Waals surface area (Å²) in [5, 5.41) is 6.74. The second-order valence-corrected chi connectivity index (χ2v) is 4.62. The Balaban J connectivity index is 2.34. The number of rotatable bonds is 7. The van der Waals surface area contributed by atoms with Crippen molar-refractivity contribution in [3.8, 4) is 0 Å². The molecule has 0 amide bonds.